The molecule has 226 valence electrons. The predicted molar refractivity (Wildman–Crippen MR) is 161 cm³/mol. The number of carbonyl (C=O) groups is 2. The van der Waals surface area contributed by atoms with Gasteiger partial charge in [0.1, 0.15) is 29.0 Å². The Kier molecular flexibility index (Phi) is 7.40. The number of anilines is 3. The van der Waals surface area contributed by atoms with Gasteiger partial charge in [-0.3, -0.25) is 9.59 Å². The molecule has 44 heavy (non-hydrogen) atoms. The Labute approximate surface area is 253 Å². The van der Waals surface area contributed by atoms with E-state index in [4.69, 9.17) is 9.47 Å². The first-order chi connectivity index (χ1) is 21.1. The standard InChI is InChI=1S/C33H31F2N5O4/c1-33(2)13-12-29(41)40(33)20-9-11-28(36-16-20)38-25-15-24(30-22(34)6-5-7-23(30)35)37-26-18-39(32(42)31(25)26)17-19-8-10-21(43-3)14-27(19)44-4/h5-11,14-16H,12-13,17-18H2,1-4H3,(H,36,37,38). The van der Waals surface area contributed by atoms with E-state index in [1.807, 2.05) is 19.9 Å². The lowest BCUT2D eigenvalue weighted by Gasteiger charge is -2.31. The number of amides is 2. The molecular formula is C33H31F2N5O4. The number of pyridine rings is 2. The van der Waals surface area contributed by atoms with Crippen LogP contribution in [0, 0.1) is 11.6 Å². The van der Waals surface area contributed by atoms with Crippen molar-refractivity contribution in [1.29, 1.82) is 0 Å². The number of halogens is 2. The van der Waals surface area contributed by atoms with Crippen molar-refractivity contribution in [2.45, 2.75) is 45.3 Å². The minimum Gasteiger partial charge on any atom is -0.497 e. The summed E-state index contributed by atoms with van der Waals surface area (Å²) in [5.41, 5.74) is 1.78. The van der Waals surface area contributed by atoms with E-state index in [9.17, 15) is 18.4 Å². The highest BCUT2D eigenvalue weighted by Crippen LogP contribution is 2.38. The molecule has 1 saturated heterocycles. The highest BCUT2D eigenvalue weighted by atomic mass is 19.1. The normalized spacial score (nSPS) is 15.5. The van der Waals surface area contributed by atoms with Gasteiger partial charge in [0, 0.05) is 23.6 Å². The summed E-state index contributed by atoms with van der Waals surface area (Å²) < 4.78 is 40.6. The van der Waals surface area contributed by atoms with Gasteiger partial charge in [-0.15, -0.1) is 0 Å². The van der Waals surface area contributed by atoms with Crippen molar-refractivity contribution < 1.29 is 27.8 Å². The summed E-state index contributed by atoms with van der Waals surface area (Å²) in [5.74, 6) is -0.273. The number of benzene rings is 2. The van der Waals surface area contributed by atoms with Crippen LogP contribution in [0.15, 0.2) is 60.8 Å². The van der Waals surface area contributed by atoms with E-state index >= 15 is 0 Å². The monoisotopic (exact) mass is 599 g/mol. The van der Waals surface area contributed by atoms with Crippen LogP contribution in [-0.2, 0) is 17.9 Å². The van der Waals surface area contributed by atoms with Crippen molar-refractivity contribution >= 4 is 29.0 Å². The number of ether oxygens (including phenoxy) is 2. The summed E-state index contributed by atoms with van der Waals surface area (Å²) in [6, 6.07) is 13.9. The third-order valence-corrected chi connectivity index (χ3v) is 8.08. The van der Waals surface area contributed by atoms with Crippen LogP contribution in [-0.4, -0.2) is 46.4 Å². The van der Waals surface area contributed by atoms with Crippen molar-refractivity contribution in [3.8, 4) is 22.8 Å². The summed E-state index contributed by atoms with van der Waals surface area (Å²) in [6.07, 6.45) is 2.80. The maximum absolute atomic E-state index is 14.9. The predicted octanol–water partition coefficient (Wildman–Crippen LogP) is 6.24. The van der Waals surface area contributed by atoms with Crippen molar-refractivity contribution in [3.05, 3.63) is 89.2 Å². The number of hydrogen-bond donors (Lipinski definition) is 1. The number of nitrogens with zero attached hydrogens (tertiary/aromatic N) is 4. The van der Waals surface area contributed by atoms with Crippen LogP contribution in [0.3, 0.4) is 0 Å². The van der Waals surface area contributed by atoms with Crippen LogP contribution < -0.4 is 19.7 Å². The molecule has 6 rings (SSSR count). The van der Waals surface area contributed by atoms with Gasteiger partial charge in [0.15, 0.2) is 0 Å². The van der Waals surface area contributed by atoms with Gasteiger partial charge >= 0.3 is 0 Å². The molecule has 9 nitrogen and oxygen atoms in total. The Balaban J connectivity index is 1.37. The zero-order valence-electron chi connectivity index (χ0n) is 24.8. The molecule has 1 fully saturated rings. The Morgan fingerprint density at radius 3 is 2.39 bits per heavy atom. The minimum atomic E-state index is -0.770. The highest BCUT2D eigenvalue weighted by molar-refractivity contribution is 6.04. The molecule has 2 aromatic heterocycles. The molecule has 2 amide bonds. The molecule has 2 aliphatic heterocycles. The molecule has 0 aliphatic carbocycles. The van der Waals surface area contributed by atoms with Crippen LogP contribution in [0.1, 0.15) is 48.3 Å². The molecule has 0 saturated carbocycles. The second kappa shape index (κ2) is 11.2. The first kappa shape index (κ1) is 29.0. The quantitative estimate of drug-likeness (QED) is 0.256. The average molecular weight is 600 g/mol. The third-order valence-electron chi connectivity index (χ3n) is 8.08. The largest absolute Gasteiger partial charge is 0.497 e. The summed E-state index contributed by atoms with van der Waals surface area (Å²) >= 11 is 0. The van der Waals surface area contributed by atoms with Crippen molar-refractivity contribution in [2.24, 2.45) is 0 Å². The topological polar surface area (TPSA) is 96.9 Å². The minimum absolute atomic E-state index is 0.0280. The second-order valence-corrected chi connectivity index (χ2v) is 11.4. The first-order valence-corrected chi connectivity index (χ1v) is 14.1. The molecule has 2 aliphatic rings. The van der Waals surface area contributed by atoms with Crippen LogP contribution in [0.4, 0.5) is 26.0 Å². The van der Waals surface area contributed by atoms with Crippen molar-refractivity contribution in [2.75, 3.05) is 24.4 Å². The maximum Gasteiger partial charge on any atom is 0.258 e. The van der Waals surface area contributed by atoms with Gasteiger partial charge in [-0.2, -0.15) is 0 Å². The molecule has 0 bridgehead atoms. The Morgan fingerprint density at radius 2 is 1.75 bits per heavy atom. The van der Waals surface area contributed by atoms with Gasteiger partial charge in [0.05, 0.1) is 67.4 Å². The van der Waals surface area contributed by atoms with E-state index in [-0.39, 0.29) is 47.3 Å². The van der Waals surface area contributed by atoms with Gasteiger partial charge in [-0.25, -0.2) is 18.7 Å². The zero-order valence-corrected chi connectivity index (χ0v) is 24.8. The summed E-state index contributed by atoms with van der Waals surface area (Å²) in [6.45, 7) is 4.33. The Hall–Kier alpha value is -5.06. The number of rotatable bonds is 8. The van der Waals surface area contributed by atoms with E-state index in [0.29, 0.717) is 40.8 Å². The van der Waals surface area contributed by atoms with E-state index in [0.717, 1.165) is 24.1 Å². The van der Waals surface area contributed by atoms with Crippen LogP contribution >= 0.6 is 0 Å². The molecular weight excluding hydrogens is 568 g/mol. The van der Waals surface area contributed by atoms with Crippen molar-refractivity contribution in [3.63, 3.8) is 0 Å². The molecule has 0 unspecified atom stereocenters. The summed E-state index contributed by atoms with van der Waals surface area (Å²) in [5, 5.41) is 3.17. The zero-order chi connectivity index (χ0) is 31.2. The van der Waals surface area contributed by atoms with Crippen LogP contribution in [0.25, 0.3) is 11.3 Å². The number of methoxy groups -OCH3 is 2. The van der Waals surface area contributed by atoms with Crippen molar-refractivity contribution in [1.82, 2.24) is 14.9 Å². The van der Waals surface area contributed by atoms with E-state index in [1.165, 1.54) is 19.2 Å². The molecule has 4 heterocycles. The molecule has 0 radical (unpaired) electrons. The molecule has 0 atom stereocenters. The summed E-state index contributed by atoms with van der Waals surface area (Å²) in [7, 11) is 3.09. The summed E-state index contributed by atoms with van der Waals surface area (Å²) in [4.78, 5) is 38.8. The van der Waals surface area contributed by atoms with Gasteiger partial charge in [-0.1, -0.05) is 6.07 Å². The van der Waals surface area contributed by atoms with E-state index in [2.05, 4.69) is 15.3 Å². The van der Waals surface area contributed by atoms with Gasteiger partial charge in [0.25, 0.3) is 5.91 Å². The lowest BCUT2D eigenvalue weighted by Crippen LogP contribution is -2.40. The van der Waals surface area contributed by atoms with E-state index < -0.39 is 11.6 Å². The second-order valence-electron chi connectivity index (χ2n) is 11.4. The Morgan fingerprint density at radius 1 is 0.977 bits per heavy atom. The Bertz CT molecular complexity index is 1760. The lowest BCUT2D eigenvalue weighted by molar-refractivity contribution is -0.117. The van der Waals surface area contributed by atoms with Gasteiger partial charge < -0.3 is 24.6 Å². The smallest absolute Gasteiger partial charge is 0.258 e. The van der Waals surface area contributed by atoms with Gasteiger partial charge in [-0.05, 0) is 62.7 Å². The first-order valence-electron chi connectivity index (χ1n) is 14.1. The number of hydrogen-bond acceptors (Lipinski definition) is 7. The molecule has 11 heteroatoms. The highest BCUT2D eigenvalue weighted by Gasteiger charge is 2.39. The average Bonchev–Trinajstić information content (AvgIpc) is 3.46. The fourth-order valence-electron chi connectivity index (χ4n) is 5.84. The molecule has 2 aromatic carbocycles. The number of fused-ring (bicyclic) bond motifs is 1. The van der Waals surface area contributed by atoms with E-state index in [1.54, 1.807) is 47.4 Å². The molecule has 0 spiro atoms. The molecule has 4 aromatic rings. The third kappa shape index (κ3) is 5.18. The number of aromatic nitrogens is 2. The number of nitrogens with one attached hydrogen (secondary N) is 1. The fraction of sp³-hybridized carbons (Fsp3) is 0.273. The lowest BCUT2D eigenvalue weighted by atomic mass is 10.0. The number of carbonyl (C=O) groups excluding carboxylic acids is 2. The maximum atomic E-state index is 14.9. The fourth-order valence-corrected chi connectivity index (χ4v) is 5.84. The molecule has 1 N–H and O–H groups in total. The van der Waals surface area contributed by atoms with Gasteiger partial charge in [0.2, 0.25) is 5.91 Å². The SMILES string of the molecule is COc1ccc(CN2Cc3nc(-c4c(F)cccc4F)cc(Nc4ccc(N5C(=O)CCC5(C)C)cn4)c3C2=O)c(OC)c1. The van der Waals surface area contributed by atoms with Crippen LogP contribution in [0.2, 0.25) is 0 Å². The van der Waals surface area contributed by atoms with Crippen LogP contribution in [0.5, 0.6) is 11.5 Å².